The number of allylic oxidation sites excluding steroid dienone is 1. The number of nitrogens with one attached hydrogen (secondary N) is 2. The molecule has 1 saturated carbocycles. The van der Waals surface area contributed by atoms with Gasteiger partial charge in [-0.2, -0.15) is 0 Å². The molecule has 0 saturated heterocycles. The van der Waals surface area contributed by atoms with Gasteiger partial charge in [0, 0.05) is 35.8 Å². The van der Waals surface area contributed by atoms with E-state index in [1.165, 1.54) is 57.6 Å². The number of hydrogen-bond acceptors (Lipinski definition) is 5. The topological polar surface area (TPSA) is 84.0 Å². The number of unbranched alkanes of at least 4 members (excludes halogenated alkanes) is 2. The summed E-state index contributed by atoms with van der Waals surface area (Å²) in [4.78, 5) is 4.35. The van der Waals surface area contributed by atoms with Gasteiger partial charge >= 0.3 is 0 Å². The standard InChI is InChI=1S/C25H42N4O/c1-4-6-8-14-23(11-5-2)28-18-22(16-26)21-15-24(25(27)29-17-21)30-19(3)20-12-9-7-10-13-20/h15-20,23,26,28H,4-14H2,1-3H3,(H2,27,29)/b22-18+,26-16?. The van der Waals surface area contributed by atoms with Gasteiger partial charge in [-0.25, -0.2) is 4.98 Å². The minimum Gasteiger partial charge on any atom is -0.487 e. The number of aromatic nitrogens is 1. The first-order valence-corrected chi connectivity index (χ1v) is 12.0. The highest BCUT2D eigenvalue weighted by molar-refractivity contribution is 6.08. The van der Waals surface area contributed by atoms with Crippen LogP contribution in [0.15, 0.2) is 18.5 Å². The SMILES string of the molecule is CCCCCC(CCC)N/C=C(\C=N)c1cnc(N)c(OC(C)C2CCCCC2)c1. The van der Waals surface area contributed by atoms with Gasteiger partial charge in [0.05, 0.1) is 6.10 Å². The van der Waals surface area contributed by atoms with Crippen molar-refractivity contribution < 1.29 is 4.74 Å². The Morgan fingerprint density at radius 1 is 1.23 bits per heavy atom. The van der Waals surface area contributed by atoms with Gasteiger partial charge in [-0.15, -0.1) is 0 Å². The number of ether oxygens (including phenoxy) is 1. The Morgan fingerprint density at radius 3 is 2.67 bits per heavy atom. The molecule has 0 radical (unpaired) electrons. The van der Waals surface area contributed by atoms with E-state index in [1.807, 2.05) is 12.3 Å². The molecule has 1 aliphatic rings. The number of pyridine rings is 1. The van der Waals surface area contributed by atoms with Crippen molar-refractivity contribution in [3.05, 3.63) is 24.0 Å². The molecule has 30 heavy (non-hydrogen) atoms. The summed E-state index contributed by atoms with van der Waals surface area (Å²) in [6, 6.07) is 2.38. The van der Waals surface area contributed by atoms with Crippen LogP contribution in [0.1, 0.15) is 97.0 Å². The van der Waals surface area contributed by atoms with E-state index in [4.69, 9.17) is 15.9 Å². The molecule has 0 spiro atoms. The molecular weight excluding hydrogens is 372 g/mol. The Labute approximate surface area is 183 Å². The van der Waals surface area contributed by atoms with Crippen molar-refractivity contribution in [3.8, 4) is 5.75 Å². The highest BCUT2D eigenvalue weighted by Gasteiger charge is 2.22. The molecule has 0 amide bonds. The molecule has 0 aromatic carbocycles. The van der Waals surface area contributed by atoms with Crippen molar-refractivity contribution >= 4 is 17.6 Å². The average Bonchev–Trinajstić information content (AvgIpc) is 2.76. The lowest BCUT2D eigenvalue weighted by Crippen LogP contribution is -2.26. The fraction of sp³-hybridized carbons (Fsp3) is 0.680. The number of nitrogen functional groups attached to an aromatic ring is 1. The Hall–Kier alpha value is -2.04. The third kappa shape index (κ3) is 7.66. The second kappa shape index (κ2) is 13.3. The summed E-state index contributed by atoms with van der Waals surface area (Å²) < 4.78 is 6.24. The Morgan fingerprint density at radius 2 is 2.00 bits per heavy atom. The molecule has 168 valence electrons. The van der Waals surface area contributed by atoms with Crippen molar-refractivity contribution in [2.24, 2.45) is 5.92 Å². The highest BCUT2D eigenvalue weighted by atomic mass is 16.5. The largest absolute Gasteiger partial charge is 0.487 e. The van der Waals surface area contributed by atoms with Crippen molar-refractivity contribution in [1.82, 2.24) is 10.3 Å². The quantitative estimate of drug-likeness (QED) is 0.260. The summed E-state index contributed by atoms with van der Waals surface area (Å²) >= 11 is 0. The molecule has 5 heteroatoms. The summed E-state index contributed by atoms with van der Waals surface area (Å²) in [6.45, 7) is 6.59. The number of nitrogens with two attached hydrogens (primary N) is 1. The van der Waals surface area contributed by atoms with E-state index in [0.29, 0.717) is 23.5 Å². The first kappa shape index (κ1) is 24.2. The maximum Gasteiger partial charge on any atom is 0.166 e. The summed E-state index contributed by atoms with van der Waals surface area (Å²) in [5.41, 5.74) is 7.77. The molecular formula is C25H42N4O. The maximum absolute atomic E-state index is 7.90. The molecule has 1 heterocycles. The number of hydrogen-bond donors (Lipinski definition) is 3. The van der Waals surface area contributed by atoms with Crippen LogP contribution in [-0.4, -0.2) is 23.3 Å². The number of anilines is 1. The van der Waals surface area contributed by atoms with Crippen LogP contribution in [0.4, 0.5) is 5.82 Å². The fourth-order valence-electron chi connectivity index (χ4n) is 4.32. The lowest BCUT2D eigenvalue weighted by Gasteiger charge is -2.28. The van der Waals surface area contributed by atoms with Crippen LogP contribution in [0.25, 0.3) is 5.57 Å². The molecule has 5 nitrogen and oxygen atoms in total. The van der Waals surface area contributed by atoms with Crippen LogP contribution in [-0.2, 0) is 0 Å². The molecule has 1 aromatic heterocycles. The second-order valence-corrected chi connectivity index (χ2v) is 8.72. The molecule has 2 atom stereocenters. The van der Waals surface area contributed by atoms with E-state index >= 15 is 0 Å². The lowest BCUT2D eigenvalue weighted by atomic mass is 9.86. The molecule has 4 N–H and O–H groups in total. The van der Waals surface area contributed by atoms with E-state index in [0.717, 1.165) is 30.4 Å². The zero-order chi connectivity index (χ0) is 21.8. The molecule has 2 unspecified atom stereocenters. The minimum atomic E-state index is 0.127. The highest BCUT2D eigenvalue weighted by Crippen LogP contribution is 2.31. The predicted octanol–water partition coefficient (Wildman–Crippen LogP) is 6.34. The van der Waals surface area contributed by atoms with E-state index < -0.39 is 0 Å². The normalized spacial score (nSPS) is 17.4. The summed E-state index contributed by atoms with van der Waals surface area (Å²) in [7, 11) is 0. The molecule has 0 aliphatic heterocycles. The summed E-state index contributed by atoms with van der Waals surface area (Å²) in [5.74, 6) is 1.63. The van der Waals surface area contributed by atoms with Crippen LogP contribution in [0.3, 0.4) is 0 Å². The van der Waals surface area contributed by atoms with E-state index in [-0.39, 0.29) is 6.10 Å². The van der Waals surface area contributed by atoms with Crippen LogP contribution in [0, 0.1) is 11.3 Å². The van der Waals surface area contributed by atoms with Gasteiger partial charge in [0.2, 0.25) is 0 Å². The Bertz CT molecular complexity index is 667. The van der Waals surface area contributed by atoms with Gasteiger partial charge in [-0.05, 0) is 44.6 Å². The van der Waals surface area contributed by atoms with Gasteiger partial charge in [-0.1, -0.05) is 58.8 Å². The molecule has 1 aliphatic carbocycles. The smallest absolute Gasteiger partial charge is 0.166 e. The predicted molar refractivity (Wildman–Crippen MR) is 128 cm³/mol. The van der Waals surface area contributed by atoms with Crippen molar-refractivity contribution in [2.45, 2.75) is 104 Å². The van der Waals surface area contributed by atoms with Crippen molar-refractivity contribution in [1.29, 1.82) is 5.41 Å². The van der Waals surface area contributed by atoms with E-state index in [9.17, 15) is 0 Å². The zero-order valence-corrected chi connectivity index (χ0v) is 19.3. The van der Waals surface area contributed by atoms with Crippen molar-refractivity contribution in [3.63, 3.8) is 0 Å². The van der Waals surface area contributed by atoms with Crippen LogP contribution in [0.5, 0.6) is 5.75 Å². The summed E-state index contributed by atoms with van der Waals surface area (Å²) in [5, 5.41) is 11.4. The van der Waals surface area contributed by atoms with Gasteiger partial charge < -0.3 is 21.2 Å². The van der Waals surface area contributed by atoms with Crippen LogP contribution >= 0.6 is 0 Å². The minimum absolute atomic E-state index is 0.127. The second-order valence-electron chi connectivity index (χ2n) is 8.72. The first-order valence-electron chi connectivity index (χ1n) is 12.0. The third-order valence-corrected chi connectivity index (χ3v) is 6.26. The summed E-state index contributed by atoms with van der Waals surface area (Å²) in [6.07, 6.45) is 18.7. The number of rotatable bonds is 13. The Kier molecular flexibility index (Phi) is 10.7. The lowest BCUT2D eigenvalue weighted by molar-refractivity contribution is 0.124. The first-order chi connectivity index (χ1) is 14.6. The van der Waals surface area contributed by atoms with Gasteiger partial charge in [-0.3, -0.25) is 0 Å². The molecule has 1 aromatic rings. The molecule has 2 rings (SSSR count). The van der Waals surface area contributed by atoms with Gasteiger partial charge in [0.25, 0.3) is 0 Å². The maximum atomic E-state index is 7.90. The van der Waals surface area contributed by atoms with Crippen LogP contribution in [0.2, 0.25) is 0 Å². The Balaban J connectivity index is 2.08. The van der Waals surface area contributed by atoms with E-state index in [2.05, 4.69) is 31.1 Å². The molecule has 0 bridgehead atoms. The van der Waals surface area contributed by atoms with E-state index in [1.54, 1.807) is 6.20 Å². The fourth-order valence-corrected chi connectivity index (χ4v) is 4.32. The van der Waals surface area contributed by atoms with Gasteiger partial charge in [0.15, 0.2) is 11.6 Å². The van der Waals surface area contributed by atoms with Crippen molar-refractivity contribution in [2.75, 3.05) is 5.73 Å². The third-order valence-electron chi connectivity index (χ3n) is 6.26. The monoisotopic (exact) mass is 414 g/mol. The zero-order valence-electron chi connectivity index (χ0n) is 19.3. The van der Waals surface area contributed by atoms with Gasteiger partial charge in [0.1, 0.15) is 0 Å². The van der Waals surface area contributed by atoms with Crippen LogP contribution < -0.4 is 15.8 Å². The average molecular weight is 415 g/mol. The molecule has 1 fully saturated rings. The number of nitrogens with zero attached hydrogens (tertiary/aromatic N) is 1.